The quantitative estimate of drug-likeness (QED) is 0.434. The molecule has 0 saturated carbocycles. The molecule has 0 radical (unpaired) electrons. The molecular weight excluding hydrogens is 394 g/mol. The molecule has 0 bridgehead atoms. The third-order valence-corrected chi connectivity index (χ3v) is 5.67. The fraction of sp³-hybridized carbons (Fsp3) is 0.550. The van der Waals surface area contributed by atoms with Gasteiger partial charge in [-0.3, -0.25) is 18.6 Å². The molecule has 0 saturated heterocycles. The van der Waals surface area contributed by atoms with E-state index in [1.165, 1.54) is 6.92 Å². The van der Waals surface area contributed by atoms with Gasteiger partial charge in [0.25, 0.3) is 0 Å². The topological polar surface area (TPSA) is 128 Å². The van der Waals surface area contributed by atoms with Crippen LogP contribution in [-0.4, -0.2) is 46.9 Å². The van der Waals surface area contributed by atoms with E-state index >= 15 is 0 Å². The average Bonchev–Trinajstić information content (AvgIpc) is 2.68. The van der Waals surface area contributed by atoms with Gasteiger partial charge in [-0.1, -0.05) is 31.9 Å². The van der Waals surface area contributed by atoms with Gasteiger partial charge in [0.15, 0.2) is 0 Å². The monoisotopic (exact) mass is 425 g/mol. The summed E-state index contributed by atoms with van der Waals surface area (Å²) in [5.74, 6) is -0.228. The van der Waals surface area contributed by atoms with E-state index in [-0.39, 0.29) is 18.1 Å². The number of benzene rings is 1. The first-order valence-electron chi connectivity index (χ1n) is 9.61. The molecule has 0 heterocycles. The van der Waals surface area contributed by atoms with Crippen molar-refractivity contribution in [2.24, 2.45) is 5.73 Å². The molecule has 0 aromatic heterocycles. The van der Waals surface area contributed by atoms with E-state index in [1.807, 2.05) is 19.1 Å². The Balaban J connectivity index is 2.62. The minimum Gasteiger partial charge on any atom is -0.497 e. The number of carbonyl (C=O) groups is 3. The van der Waals surface area contributed by atoms with Crippen molar-refractivity contribution in [1.82, 2.24) is 10.6 Å². The molecule has 1 aromatic rings. The number of ether oxygens (including phenoxy) is 1. The minimum absolute atomic E-state index is 0.157. The molecule has 1 aromatic carbocycles. The zero-order chi connectivity index (χ0) is 21.8. The van der Waals surface area contributed by atoms with Crippen LogP contribution in [0.25, 0.3) is 0 Å². The highest BCUT2D eigenvalue weighted by molar-refractivity contribution is 7.84. The van der Waals surface area contributed by atoms with Crippen molar-refractivity contribution in [3.63, 3.8) is 0 Å². The molecule has 3 amide bonds. The Kier molecular flexibility index (Phi) is 11.0. The SMILES string of the molecule is CCCC[C@H](NC(C)=O)C(=O)N[C@@H](CCS(=O)Cc1ccc(OC)cc1)C(N)=O. The van der Waals surface area contributed by atoms with Crippen LogP contribution in [0.1, 0.15) is 45.1 Å². The number of primary amides is 1. The van der Waals surface area contributed by atoms with E-state index in [4.69, 9.17) is 10.5 Å². The van der Waals surface area contributed by atoms with Gasteiger partial charge in [0, 0.05) is 29.2 Å². The molecule has 0 aliphatic heterocycles. The molecule has 0 fully saturated rings. The summed E-state index contributed by atoms with van der Waals surface area (Å²) in [6.45, 7) is 3.31. The average molecular weight is 426 g/mol. The van der Waals surface area contributed by atoms with Crippen LogP contribution in [0.3, 0.4) is 0 Å². The second kappa shape index (κ2) is 12.9. The fourth-order valence-corrected chi connectivity index (χ4v) is 3.92. The van der Waals surface area contributed by atoms with Gasteiger partial charge in [0.1, 0.15) is 17.8 Å². The van der Waals surface area contributed by atoms with Gasteiger partial charge in [0.2, 0.25) is 17.7 Å². The Morgan fingerprint density at radius 3 is 2.28 bits per heavy atom. The molecule has 1 rings (SSSR count). The summed E-state index contributed by atoms with van der Waals surface area (Å²) in [5.41, 5.74) is 6.29. The third kappa shape index (κ3) is 9.56. The maximum Gasteiger partial charge on any atom is 0.243 e. The number of hydrogen-bond acceptors (Lipinski definition) is 5. The summed E-state index contributed by atoms with van der Waals surface area (Å²) >= 11 is 0. The van der Waals surface area contributed by atoms with Crippen LogP contribution in [0, 0.1) is 0 Å². The first-order chi connectivity index (χ1) is 13.8. The Morgan fingerprint density at radius 1 is 1.10 bits per heavy atom. The van der Waals surface area contributed by atoms with E-state index in [9.17, 15) is 18.6 Å². The molecule has 0 spiro atoms. The van der Waals surface area contributed by atoms with Crippen molar-refractivity contribution in [2.45, 2.75) is 57.4 Å². The zero-order valence-electron chi connectivity index (χ0n) is 17.2. The van der Waals surface area contributed by atoms with E-state index in [0.717, 1.165) is 18.4 Å². The lowest BCUT2D eigenvalue weighted by Crippen LogP contribution is -2.53. The summed E-state index contributed by atoms with van der Waals surface area (Å²) in [4.78, 5) is 35.6. The molecule has 8 nitrogen and oxygen atoms in total. The molecule has 1 unspecified atom stereocenters. The van der Waals surface area contributed by atoms with Crippen LogP contribution >= 0.6 is 0 Å². The zero-order valence-corrected chi connectivity index (χ0v) is 18.1. The number of methoxy groups -OCH3 is 1. The normalized spacial score (nSPS) is 13.8. The Hall–Kier alpha value is -2.42. The first-order valence-corrected chi connectivity index (χ1v) is 11.1. The Labute approximate surface area is 174 Å². The number of amides is 3. The summed E-state index contributed by atoms with van der Waals surface area (Å²) in [6.07, 6.45) is 2.25. The molecule has 29 heavy (non-hydrogen) atoms. The highest BCUT2D eigenvalue weighted by Gasteiger charge is 2.25. The van der Waals surface area contributed by atoms with Crippen molar-refractivity contribution in [3.8, 4) is 5.75 Å². The maximum atomic E-state index is 12.5. The largest absolute Gasteiger partial charge is 0.497 e. The highest BCUT2D eigenvalue weighted by atomic mass is 32.2. The fourth-order valence-electron chi connectivity index (χ4n) is 2.71. The second-order valence-electron chi connectivity index (χ2n) is 6.78. The standard InChI is InChI=1S/C20H31N3O5S/c1-4-5-6-18(22-14(2)24)20(26)23-17(19(21)25)11-12-29(27)13-15-7-9-16(28-3)10-8-15/h7-10,17-18H,4-6,11-13H2,1-3H3,(H2,21,25)(H,22,24)(H,23,26)/t17-,18-,29?/m0/s1. The number of unbranched alkanes of at least 4 members (excludes halogenated alkanes) is 1. The van der Waals surface area contributed by atoms with Gasteiger partial charge in [-0.15, -0.1) is 0 Å². The number of nitrogens with two attached hydrogens (primary N) is 1. The molecular formula is C20H31N3O5S. The van der Waals surface area contributed by atoms with Crippen LogP contribution in [0.5, 0.6) is 5.75 Å². The van der Waals surface area contributed by atoms with E-state index in [1.54, 1.807) is 19.2 Å². The summed E-state index contributed by atoms with van der Waals surface area (Å²) in [7, 11) is 0.348. The molecule has 3 atom stereocenters. The van der Waals surface area contributed by atoms with Gasteiger partial charge in [0.05, 0.1) is 7.11 Å². The summed E-state index contributed by atoms with van der Waals surface area (Å²) < 4.78 is 17.4. The Morgan fingerprint density at radius 2 is 1.76 bits per heavy atom. The van der Waals surface area contributed by atoms with Gasteiger partial charge in [-0.25, -0.2) is 0 Å². The van der Waals surface area contributed by atoms with E-state index in [2.05, 4.69) is 10.6 Å². The molecule has 4 N–H and O–H groups in total. The molecule has 0 aliphatic rings. The number of nitrogens with one attached hydrogen (secondary N) is 2. The summed E-state index contributed by atoms with van der Waals surface area (Å²) in [6, 6.07) is 5.57. The second-order valence-corrected chi connectivity index (χ2v) is 8.36. The number of hydrogen-bond donors (Lipinski definition) is 3. The molecule has 0 aliphatic carbocycles. The number of carbonyl (C=O) groups excluding carboxylic acids is 3. The van der Waals surface area contributed by atoms with Crippen LogP contribution < -0.4 is 21.1 Å². The highest BCUT2D eigenvalue weighted by Crippen LogP contribution is 2.13. The predicted octanol–water partition coefficient (Wildman–Crippen LogP) is 0.999. The lowest BCUT2D eigenvalue weighted by atomic mass is 10.1. The van der Waals surface area contributed by atoms with Crippen LogP contribution in [-0.2, 0) is 30.9 Å². The molecule has 9 heteroatoms. The van der Waals surface area contributed by atoms with Crippen molar-refractivity contribution in [1.29, 1.82) is 0 Å². The first kappa shape index (κ1) is 24.6. The van der Waals surface area contributed by atoms with Crippen molar-refractivity contribution >= 4 is 28.5 Å². The molecule has 162 valence electrons. The lowest BCUT2D eigenvalue weighted by Gasteiger charge is -2.21. The van der Waals surface area contributed by atoms with Gasteiger partial charge < -0.3 is 21.1 Å². The van der Waals surface area contributed by atoms with Gasteiger partial charge in [-0.2, -0.15) is 0 Å². The van der Waals surface area contributed by atoms with Crippen LogP contribution in [0.15, 0.2) is 24.3 Å². The van der Waals surface area contributed by atoms with E-state index in [0.29, 0.717) is 17.9 Å². The van der Waals surface area contributed by atoms with Crippen molar-refractivity contribution in [3.05, 3.63) is 29.8 Å². The smallest absolute Gasteiger partial charge is 0.243 e. The van der Waals surface area contributed by atoms with Crippen LogP contribution in [0.2, 0.25) is 0 Å². The predicted molar refractivity (Wildman–Crippen MR) is 113 cm³/mol. The lowest BCUT2D eigenvalue weighted by molar-refractivity contribution is -0.131. The number of rotatable bonds is 13. The van der Waals surface area contributed by atoms with Gasteiger partial charge in [-0.05, 0) is 30.5 Å². The van der Waals surface area contributed by atoms with E-state index < -0.39 is 34.7 Å². The third-order valence-electron chi connectivity index (χ3n) is 4.32. The van der Waals surface area contributed by atoms with Gasteiger partial charge >= 0.3 is 0 Å². The maximum absolute atomic E-state index is 12.5. The minimum atomic E-state index is -1.23. The van der Waals surface area contributed by atoms with Crippen LogP contribution in [0.4, 0.5) is 0 Å². The Bertz CT molecular complexity index is 709. The van der Waals surface area contributed by atoms with Crippen molar-refractivity contribution in [2.75, 3.05) is 12.9 Å². The van der Waals surface area contributed by atoms with Crippen molar-refractivity contribution < 1.29 is 23.3 Å². The summed E-state index contributed by atoms with van der Waals surface area (Å²) in [5, 5.41) is 5.18.